The monoisotopic (exact) mass is 432 g/mol. The van der Waals surface area contributed by atoms with Crippen LogP contribution in [0.1, 0.15) is 12.5 Å². The summed E-state index contributed by atoms with van der Waals surface area (Å²) in [7, 11) is 1.81. The highest BCUT2D eigenvalue weighted by Crippen LogP contribution is 2.19. The summed E-state index contributed by atoms with van der Waals surface area (Å²) in [6, 6.07) is 15.9. The molecule has 0 aliphatic carbocycles. The lowest BCUT2D eigenvalue weighted by Crippen LogP contribution is -2.37. The van der Waals surface area contributed by atoms with Crippen LogP contribution in [0.3, 0.4) is 0 Å². The lowest BCUT2D eigenvalue weighted by atomic mass is 10.1. The largest absolute Gasteiger partial charge is 0.481 e. The normalized spacial score (nSPS) is 15.3. The Morgan fingerprint density at radius 3 is 2.41 bits per heavy atom. The van der Waals surface area contributed by atoms with Crippen molar-refractivity contribution in [1.29, 1.82) is 0 Å². The van der Waals surface area contributed by atoms with E-state index in [1.807, 2.05) is 24.3 Å². The molecule has 1 aliphatic rings. The molecule has 1 heterocycles. The summed E-state index contributed by atoms with van der Waals surface area (Å²) < 4.78 is 12.1. The molecule has 5 nitrogen and oxygen atoms in total. The zero-order valence-corrected chi connectivity index (χ0v) is 17.3. The van der Waals surface area contributed by atoms with Gasteiger partial charge in [0.25, 0.3) is 5.91 Å². The number of hydrogen-bond acceptors (Lipinski definition) is 4. The van der Waals surface area contributed by atoms with Gasteiger partial charge in [0, 0.05) is 36.8 Å². The molecular weight excluding hydrogens is 408 g/mol. The van der Waals surface area contributed by atoms with E-state index in [2.05, 4.69) is 45.1 Å². The molecule has 6 heteroatoms. The molecule has 2 aromatic carbocycles. The number of benzene rings is 2. The maximum atomic E-state index is 12.6. The van der Waals surface area contributed by atoms with E-state index in [0.717, 1.165) is 36.3 Å². The van der Waals surface area contributed by atoms with Crippen LogP contribution in [0.2, 0.25) is 0 Å². The Balaban J connectivity index is 1.54. The van der Waals surface area contributed by atoms with Crippen molar-refractivity contribution in [2.24, 2.45) is 0 Å². The Morgan fingerprint density at radius 1 is 1.15 bits per heavy atom. The number of morpholine rings is 1. The molecule has 1 atom stereocenters. The second-order valence-corrected chi connectivity index (χ2v) is 7.59. The molecule has 0 bridgehead atoms. The third kappa shape index (κ3) is 5.47. The molecule has 0 aromatic heterocycles. The summed E-state index contributed by atoms with van der Waals surface area (Å²) in [6.45, 7) is 5.72. The van der Waals surface area contributed by atoms with Crippen LogP contribution >= 0.6 is 15.9 Å². The summed E-state index contributed by atoms with van der Waals surface area (Å²) in [5, 5.41) is 0. The molecular formula is C21H25BrN2O3. The number of amides is 1. The Labute approximate surface area is 169 Å². The molecule has 1 fully saturated rings. The van der Waals surface area contributed by atoms with Crippen molar-refractivity contribution in [3.63, 3.8) is 0 Å². The summed E-state index contributed by atoms with van der Waals surface area (Å²) in [5.74, 6) is 0.637. The van der Waals surface area contributed by atoms with E-state index in [1.54, 1.807) is 18.9 Å². The lowest BCUT2D eigenvalue weighted by Gasteiger charge is -2.29. The molecule has 0 saturated carbocycles. The minimum atomic E-state index is -0.538. The van der Waals surface area contributed by atoms with Crippen LogP contribution in [0.4, 0.5) is 5.69 Å². The predicted molar refractivity (Wildman–Crippen MR) is 110 cm³/mol. The molecule has 1 unspecified atom stereocenters. The quantitative estimate of drug-likeness (QED) is 0.697. The van der Waals surface area contributed by atoms with Crippen LogP contribution in [0.5, 0.6) is 5.75 Å². The van der Waals surface area contributed by atoms with E-state index in [4.69, 9.17) is 9.47 Å². The first-order chi connectivity index (χ1) is 13.0. The Kier molecular flexibility index (Phi) is 6.74. The number of likely N-dealkylation sites (N-methyl/N-ethyl adjacent to an activating group) is 1. The average Bonchev–Trinajstić information content (AvgIpc) is 2.70. The van der Waals surface area contributed by atoms with E-state index in [-0.39, 0.29) is 5.91 Å². The highest BCUT2D eigenvalue weighted by atomic mass is 79.9. The molecule has 144 valence electrons. The molecule has 0 spiro atoms. The topological polar surface area (TPSA) is 42.0 Å². The standard InChI is InChI=1S/C21H25BrN2O3/c1-16(27-20-9-5-18(22)6-10-20)21(25)23(2)15-17-3-7-19(8-4-17)24-11-13-26-14-12-24/h3-10,16H,11-15H2,1-2H3. The van der Waals surface area contributed by atoms with Crippen molar-refractivity contribution >= 4 is 27.5 Å². The Hall–Kier alpha value is -2.05. The fourth-order valence-corrected chi connectivity index (χ4v) is 3.33. The fraction of sp³-hybridized carbons (Fsp3) is 0.381. The van der Waals surface area contributed by atoms with Crippen molar-refractivity contribution in [1.82, 2.24) is 4.90 Å². The third-order valence-corrected chi connectivity index (χ3v) is 5.11. The number of nitrogens with zero attached hydrogens (tertiary/aromatic N) is 2. The summed E-state index contributed by atoms with van der Waals surface area (Å²) in [6.07, 6.45) is -0.538. The van der Waals surface area contributed by atoms with Crippen molar-refractivity contribution in [3.05, 3.63) is 58.6 Å². The maximum absolute atomic E-state index is 12.6. The highest BCUT2D eigenvalue weighted by molar-refractivity contribution is 9.10. The van der Waals surface area contributed by atoms with Gasteiger partial charge in [-0.15, -0.1) is 0 Å². The van der Waals surface area contributed by atoms with Gasteiger partial charge in [-0.1, -0.05) is 28.1 Å². The predicted octanol–water partition coefficient (Wildman–Crippen LogP) is 3.71. The van der Waals surface area contributed by atoms with Crippen molar-refractivity contribution in [2.45, 2.75) is 19.6 Å². The first kappa shape index (κ1) is 19.7. The summed E-state index contributed by atoms with van der Waals surface area (Å²) in [5.41, 5.74) is 2.29. The summed E-state index contributed by atoms with van der Waals surface area (Å²) >= 11 is 3.39. The first-order valence-corrected chi connectivity index (χ1v) is 9.91. The van der Waals surface area contributed by atoms with Gasteiger partial charge in [0.2, 0.25) is 0 Å². The lowest BCUT2D eigenvalue weighted by molar-refractivity contribution is -0.137. The molecule has 2 aromatic rings. The molecule has 1 saturated heterocycles. The van der Waals surface area contributed by atoms with Gasteiger partial charge in [-0.3, -0.25) is 4.79 Å². The van der Waals surface area contributed by atoms with Crippen molar-refractivity contribution in [3.8, 4) is 5.75 Å². The minimum Gasteiger partial charge on any atom is -0.481 e. The van der Waals surface area contributed by atoms with Crippen molar-refractivity contribution in [2.75, 3.05) is 38.3 Å². The number of halogens is 1. The van der Waals surface area contributed by atoms with Gasteiger partial charge in [0.05, 0.1) is 13.2 Å². The van der Waals surface area contributed by atoms with Crippen LogP contribution in [-0.2, 0) is 16.1 Å². The fourth-order valence-electron chi connectivity index (χ4n) is 3.06. The zero-order valence-electron chi connectivity index (χ0n) is 15.7. The van der Waals surface area contributed by atoms with E-state index in [9.17, 15) is 4.79 Å². The number of ether oxygens (including phenoxy) is 2. The highest BCUT2D eigenvalue weighted by Gasteiger charge is 2.19. The number of rotatable bonds is 6. The van der Waals surface area contributed by atoms with Gasteiger partial charge in [-0.25, -0.2) is 0 Å². The third-order valence-electron chi connectivity index (χ3n) is 4.58. The van der Waals surface area contributed by atoms with Crippen LogP contribution in [0, 0.1) is 0 Å². The molecule has 27 heavy (non-hydrogen) atoms. The number of anilines is 1. The van der Waals surface area contributed by atoms with Gasteiger partial charge in [-0.05, 0) is 48.9 Å². The van der Waals surface area contributed by atoms with Crippen LogP contribution in [0.25, 0.3) is 0 Å². The number of hydrogen-bond donors (Lipinski definition) is 0. The van der Waals surface area contributed by atoms with Gasteiger partial charge >= 0.3 is 0 Å². The molecule has 3 rings (SSSR count). The van der Waals surface area contributed by atoms with Gasteiger partial charge in [-0.2, -0.15) is 0 Å². The Morgan fingerprint density at radius 2 is 1.78 bits per heavy atom. The van der Waals surface area contributed by atoms with Gasteiger partial charge in [0.1, 0.15) is 5.75 Å². The van der Waals surface area contributed by atoms with Crippen LogP contribution in [0.15, 0.2) is 53.0 Å². The van der Waals surface area contributed by atoms with E-state index in [1.165, 1.54) is 5.69 Å². The molecule has 0 N–H and O–H groups in total. The first-order valence-electron chi connectivity index (χ1n) is 9.12. The molecule has 1 aliphatic heterocycles. The van der Waals surface area contributed by atoms with Gasteiger partial charge < -0.3 is 19.3 Å². The van der Waals surface area contributed by atoms with Gasteiger partial charge in [0.15, 0.2) is 6.10 Å². The second-order valence-electron chi connectivity index (χ2n) is 6.67. The molecule has 1 amide bonds. The SMILES string of the molecule is CC(Oc1ccc(Br)cc1)C(=O)N(C)Cc1ccc(N2CCOCC2)cc1. The minimum absolute atomic E-state index is 0.0461. The van der Waals surface area contributed by atoms with Crippen LogP contribution < -0.4 is 9.64 Å². The average molecular weight is 433 g/mol. The second kappa shape index (κ2) is 9.24. The van der Waals surface area contributed by atoms with E-state index >= 15 is 0 Å². The molecule has 0 radical (unpaired) electrons. The maximum Gasteiger partial charge on any atom is 0.263 e. The van der Waals surface area contributed by atoms with Crippen molar-refractivity contribution < 1.29 is 14.3 Å². The van der Waals surface area contributed by atoms with E-state index < -0.39 is 6.10 Å². The number of carbonyl (C=O) groups is 1. The summed E-state index contributed by atoms with van der Waals surface area (Å²) in [4.78, 5) is 16.6. The van der Waals surface area contributed by atoms with E-state index in [0.29, 0.717) is 12.3 Å². The Bertz CT molecular complexity index is 743. The smallest absolute Gasteiger partial charge is 0.263 e. The zero-order chi connectivity index (χ0) is 19.2. The van der Waals surface area contributed by atoms with Crippen LogP contribution in [-0.4, -0.2) is 50.3 Å². The number of carbonyl (C=O) groups excluding carboxylic acids is 1.